The first-order valence-electron chi connectivity index (χ1n) is 9.91. The van der Waals surface area contributed by atoms with Crippen molar-refractivity contribution in [1.29, 1.82) is 0 Å². The topological polar surface area (TPSA) is 60.4 Å². The number of alkyl halides is 1. The summed E-state index contributed by atoms with van der Waals surface area (Å²) in [5, 5.41) is 0. The molecule has 0 saturated heterocycles. The van der Waals surface area contributed by atoms with Crippen LogP contribution in [-0.2, 0) is 19.1 Å². The van der Waals surface area contributed by atoms with Crippen LogP contribution >= 0.6 is 15.9 Å². The summed E-state index contributed by atoms with van der Waals surface area (Å²) in [7, 11) is 1.40. The van der Waals surface area contributed by atoms with Crippen LogP contribution in [0.2, 0.25) is 0 Å². The summed E-state index contributed by atoms with van der Waals surface area (Å²) >= 11 is 3.53. The highest BCUT2D eigenvalue weighted by Crippen LogP contribution is 2.65. The van der Waals surface area contributed by atoms with E-state index in [0.717, 1.165) is 31.3 Å². The third kappa shape index (κ3) is 2.72. The zero-order valence-electron chi connectivity index (χ0n) is 16.2. The van der Waals surface area contributed by atoms with Crippen LogP contribution in [-0.4, -0.2) is 29.5 Å². The summed E-state index contributed by atoms with van der Waals surface area (Å²) in [4.78, 5) is 37.3. The molecule has 0 amide bonds. The van der Waals surface area contributed by atoms with Crippen molar-refractivity contribution in [3.63, 3.8) is 0 Å². The highest BCUT2D eigenvalue weighted by atomic mass is 79.9. The van der Waals surface area contributed by atoms with E-state index >= 15 is 0 Å². The first kappa shape index (κ1) is 19.1. The maximum Gasteiger partial charge on any atom is 0.330 e. The van der Waals surface area contributed by atoms with Gasteiger partial charge in [0, 0.05) is 23.8 Å². The van der Waals surface area contributed by atoms with Gasteiger partial charge in [-0.1, -0.05) is 40.9 Å². The van der Waals surface area contributed by atoms with Crippen molar-refractivity contribution in [2.45, 2.75) is 57.2 Å². The first-order chi connectivity index (χ1) is 12.7. The lowest BCUT2D eigenvalue weighted by atomic mass is 9.47. The summed E-state index contributed by atoms with van der Waals surface area (Å²) in [5.74, 6) is 0.851. The number of esters is 1. The monoisotopic (exact) mass is 434 g/mol. The van der Waals surface area contributed by atoms with Gasteiger partial charge >= 0.3 is 5.97 Å². The van der Waals surface area contributed by atoms with Crippen LogP contribution < -0.4 is 0 Å². The molecule has 0 spiro atoms. The minimum Gasteiger partial charge on any atom is -0.466 e. The number of halogens is 1. The average Bonchev–Trinajstić information content (AvgIpc) is 2.91. The van der Waals surface area contributed by atoms with Crippen molar-refractivity contribution >= 4 is 33.5 Å². The molecule has 0 radical (unpaired) electrons. The Morgan fingerprint density at radius 1 is 1.22 bits per heavy atom. The molecular weight excluding hydrogens is 408 g/mol. The van der Waals surface area contributed by atoms with Crippen molar-refractivity contribution in [3.05, 3.63) is 23.3 Å². The van der Waals surface area contributed by atoms with Crippen LogP contribution in [0.4, 0.5) is 0 Å². The lowest BCUT2D eigenvalue weighted by Crippen LogP contribution is -2.55. The van der Waals surface area contributed by atoms with Gasteiger partial charge in [-0.2, -0.15) is 0 Å². The van der Waals surface area contributed by atoms with E-state index in [0.29, 0.717) is 30.5 Å². The van der Waals surface area contributed by atoms with Crippen molar-refractivity contribution in [1.82, 2.24) is 0 Å². The van der Waals surface area contributed by atoms with Gasteiger partial charge in [-0.15, -0.1) is 0 Å². The van der Waals surface area contributed by atoms with Crippen LogP contribution in [0, 0.1) is 28.6 Å². The van der Waals surface area contributed by atoms with Gasteiger partial charge in [-0.25, -0.2) is 4.79 Å². The quantitative estimate of drug-likeness (QED) is 0.353. The Morgan fingerprint density at radius 2 is 1.96 bits per heavy atom. The molecule has 6 atom stereocenters. The van der Waals surface area contributed by atoms with Crippen LogP contribution in [0.5, 0.6) is 0 Å². The smallest absolute Gasteiger partial charge is 0.330 e. The molecule has 3 saturated carbocycles. The fraction of sp³-hybridized carbons (Fsp3) is 0.682. The van der Waals surface area contributed by atoms with Gasteiger partial charge in [-0.05, 0) is 55.4 Å². The van der Waals surface area contributed by atoms with Crippen LogP contribution in [0.1, 0.15) is 52.4 Å². The molecule has 0 aromatic rings. The Labute approximate surface area is 168 Å². The minimum absolute atomic E-state index is 0.0128. The summed E-state index contributed by atoms with van der Waals surface area (Å²) in [6, 6.07) is 0. The van der Waals surface area contributed by atoms with Gasteiger partial charge < -0.3 is 4.74 Å². The highest BCUT2D eigenvalue weighted by Gasteiger charge is 2.61. The van der Waals surface area contributed by atoms with Crippen LogP contribution in [0.3, 0.4) is 0 Å². The van der Waals surface area contributed by atoms with Crippen LogP contribution in [0.25, 0.3) is 0 Å². The van der Waals surface area contributed by atoms with E-state index in [4.69, 9.17) is 4.74 Å². The zero-order valence-corrected chi connectivity index (χ0v) is 17.8. The van der Waals surface area contributed by atoms with E-state index in [1.807, 2.05) is 0 Å². The molecule has 0 heterocycles. The number of ketones is 2. The summed E-state index contributed by atoms with van der Waals surface area (Å²) in [6.45, 7) is 4.36. The van der Waals surface area contributed by atoms with E-state index in [2.05, 4.69) is 29.8 Å². The number of carbonyl (C=O) groups excluding carboxylic acids is 3. The van der Waals surface area contributed by atoms with Crippen molar-refractivity contribution in [3.8, 4) is 0 Å². The fourth-order valence-electron chi connectivity index (χ4n) is 6.70. The molecule has 4 rings (SSSR count). The molecule has 146 valence electrons. The molecule has 4 aliphatic rings. The van der Waals surface area contributed by atoms with Crippen molar-refractivity contribution in [2.24, 2.45) is 28.6 Å². The Bertz CT molecular complexity index is 781. The summed E-state index contributed by atoms with van der Waals surface area (Å²) < 4.78 is 4.83. The molecule has 0 bridgehead atoms. The molecule has 0 N–H and O–H groups in total. The van der Waals surface area contributed by atoms with E-state index in [-0.39, 0.29) is 33.3 Å². The maximum absolute atomic E-state index is 13.5. The number of carbonyl (C=O) groups is 3. The minimum atomic E-state index is -0.324. The molecule has 3 fully saturated rings. The molecule has 4 aliphatic carbocycles. The summed E-state index contributed by atoms with van der Waals surface area (Å²) in [6.07, 6.45) is 8.38. The normalized spacial score (nSPS) is 45.0. The van der Waals surface area contributed by atoms with Gasteiger partial charge in [0.2, 0.25) is 0 Å². The molecular formula is C22H27BrO4. The Hall–Kier alpha value is -1.23. The molecule has 0 unspecified atom stereocenters. The average molecular weight is 435 g/mol. The van der Waals surface area contributed by atoms with Crippen LogP contribution in [0.15, 0.2) is 23.3 Å². The predicted octanol–water partition coefficient (Wildman–Crippen LogP) is 4.17. The molecule has 0 aromatic carbocycles. The second kappa shape index (κ2) is 6.40. The third-order valence-corrected chi connectivity index (χ3v) is 8.77. The maximum atomic E-state index is 13.5. The zero-order chi connectivity index (χ0) is 19.6. The van der Waals surface area contributed by atoms with Gasteiger partial charge in [0.25, 0.3) is 0 Å². The summed E-state index contributed by atoms with van der Waals surface area (Å²) in [5.41, 5.74) is 1.79. The van der Waals surface area contributed by atoms with Gasteiger partial charge in [0.15, 0.2) is 5.78 Å². The number of hydrogen-bond donors (Lipinski definition) is 0. The van der Waals surface area contributed by atoms with Gasteiger partial charge in [0.05, 0.1) is 11.9 Å². The Morgan fingerprint density at radius 3 is 2.67 bits per heavy atom. The molecule has 4 nitrogen and oxygen atoms in total. The SMILES string of the molecule is COC(=O)/C=C1/CC[C@@H]2[C@@H]3CCC4=CC(=O)[C@H](Br)C[C@]4(C)[C@H]3C(=O)C[C@@]12C. The number of Topliss-reactive ketones (excluding diaryl/α,β-unsaturated/α-hetero) is 1. The number of rotatable bonds is 1. The number of hydrogen-bond acceptors (Lipinski definition) is 4. The van der Waals surface area contributed by atoms with E-state index in [9.17, 15) is 14.4 Å². The highest BCUT2D eigenvalue weighted by molar-refractivity contribution is 9.10. The Kier molecular flexibility index (Phi) is 4.53. The predicted molar refractivity (Wildman–Crippen MR) is 105 cm³/mol. The van der Waals surface area contributed by atoms with Crippen molar-refractivity contribution < 1.29 is 19.1 Å². The number of fused-ring (bicyclic) bond motifs is 5. The Balaban J connectivity index is 1.72. The van der Waals surface area contributed by atoms with E-state index in [1.54, 1.807) is 12.2 Å². The third-order valence-electron chi connectivity index (χ3n) is 8.00. The molecule has 0 aliphatic heterocycles. The standard InChI is InChI=1S/C22H27BrO4/c1-21-11-18(25)20-14(15(21)7-5-13(21)9-19(26)27-3)6-4-12-8-17(24)16(23)10-22(12,20)2/h8-9,14-16,20H,4-7,10-11H2,1-3H3/b13-9-/t14-,15+,16+,20+,21-,22-/m0/s1. The molecule has 5 heteroatoms. The van der Waals surface area contributed by atoms with Gasteiger partial charge in [-0.3, -0.25) is 9.59 Å². The van der Waals surface area contributed by atoms with E-state index < -0.39 is 0 Å². The number of ether oxygens (including phenoxy) is 1. The lowest BCUT2D eigenvalue weighted by Gasteiger charge is -2.56. The first-order valence-corrected chi connectivity index (χ1v) is 10.8. The number of allylic oxidation sites excluding steroid dienone is 2. The number of methoxy groups -OCH3 is 1. The van der Waals surface area contributed by atoms with E-state index in [1.165, 1.54) is 12.7 Å². The molecule has 0 aromatic heterocycles. The fourth-order valence-corrected chi connectivity index (χ4v) is 7.50. The van der Waals surface area contributed by atoms with Crippen molar-refractivity contribution in [2.75, 3.05) is 7.11 Å². The second-order valence-corrected chi connectivity index (χ2v) is 10.3. The van der Waals surface area contributed by atoms with Gasteiger partial charge in [0.1, 0.15) is 5.78 Å². The second-order valence-electron chi connectivity index (χ2n) is 9.24. The molecule has 27 heavy (non-hydrogen) atoms. The largest absolute Gasteiger partial charge is 0.466 e. The lowest BCUT2D eigenvalue weighted by molar-refractivity contribution is -0.142.